The monoisotopic (exact) mass is 441 g/mol. The van der Waals surface area contributed by atoms with E-state index in [4.69, 9.17) is 15.2 Å². The van der Waals surface area contributed by atoms with E-state index in [0.717, 1.165) is 36.1 Å². The largest absolute Gasteiger partial charge is 0.469 e. The molecular weight excluding hydrogens is 406 g/mol. The Balaban J connectivity index is 1.80. The van der Waals surface area contributed by atoms with Crippen LogP contribution in [0.3, 0.4) is 0 Å². The summed E-state index contributed by atoms with van der Waals surface area (Å²) in [5, 5.41) is 1.65. The van der Waals surface area contributed by atoms with Crippen molar-refractivity contribution < 1.29 is 19.1 Å². The molecule has 0 aliphatic carbocycles. The molecule has 3 unspecified atom stereocenters. The van der Waals surface area contributed by atoms with Crippen LogP contribution in [0.5, 0.6) is 0 Å². The predicted molar refractivity (Wildman–Crippen MR) is 126 cm³/mol. The van der Waals surface area contributed by atoms with E-state index >= 15 is 0 Å². The van der Waals surface area contributed by atoms with Crippen molar-refractivity contribution in [2.75, 3.05) is 7.11 Å². The lowest BCUT2D eigenvalue weighted by molar-refractivity contribution is -0.147. The third kappa shape index (κ3) is 5.26. The smallest absolute Gasteiger partial charge is 0.308 e. The summed E-state index contributed by atoms with van der Waals surface area (Å²) in [6, 6.07) is 20.0. The molecule has 0 bridgehead atoms. The summed E-state index contributed by atoms with van der Waals surface area (Å²) >= 11 is 0. The minimum Gasteiger partial charge on any atom is -0.469 e. The summed E-state index contributed by atoms with van der Waals surface area (Å²) in [6.07, 6.45) is 3.07. The van der Waals surface area contributed by atoms with Gasteiger partial charge in [-0.25, -0.2) is 0 Å². The number of rotatable bonds is 8. The fraction of sp³-hybridized carbons (Fsp3) is 0.480. The van der Waals surface area contributed by atoms with E-state index in [1.54, 1.807) is 0 Å². The first-order valence-electron chi connectivity index (χ1n) is 11.1. The highest BCUT2D eigenvalue weighted by atomic mass is 28.4. The number of esters is 1. The number of carbonyl (C=O) groups is 1. The zero-order chi connectivity index (χ0) is 22.5. The Morgan fingerprint density at radius 2 is 1.65 bits per heavy atom. The Hall–Kier alpha value is -1.99. The molecule has 1 aliphatic rings. The number of hydrogen-bond acceptors (Lipinski definition) is 5. The van der Waals surface area contributed by atoms with Gasteiger partial charge in [0, 0.05) is 6.04 Å². The average Bonchev–Trinajstić information content (AvgIpc) is 2.79. The lowest BCUT2D eigenvalue weighted by Crippen LogP contribution is -2.65. The van der Waals surface area contributed by atoms with Gasteiger partial charge in [0.15, 0.2) is 0 Å². The Labute approximate surface area is 186 Å². The van der Waals surface area contributed by atoms with Crippen LogP contribution in [0.4, 0.5) is 0 Å². The Kier molecular flexibility index (Phi) is 7.70. The number of nitrogens with two attached hydrogens (primary N) is 1. The molecule has 1 saturated heterocycles. The molecule has 0 amide bonds. The third-order valence-corrected chi connectivity index (χ3v) is 11.3. The first-order valence-corrected chi connectivity index (χ1v) is 13.0. The molecule has 0 saturated carbocycles. The van der Waals surface area contributed by atoms with Gasteiger partial charge in [-0.1, -0.05) is 74.5 Å². The third-order valence-electron chi connectivity index (χ3n) is 6.71. The van der Waals surface area contributed by atoms with Crippen molar-refractivity contribution in [1.29, 1.82) is 0 Å². The summed E-state index contributed by atoms with van der Waals surface area (Å²) in [5.74, 6) is -0.255. The summed E-state index contributed by atoms with van der Waals surface area (Å²) in [6.45, 7) is 4.30. The zero-order valence-corrected chi connectivity index (χ0v) is 19.8. The highest BCUT2D eigenvalue weighted by molar-refractivity contribution is 6.98. The van der Waals surface area contributed by atoms with Gasteiger partial charge in [-0.3, -0.25) is 4.79 Å². The van der Waals surface area contributed by atoms with Crippen LogP contribution in [-0.4, -0.2) is 44.4 Å². The number of benzene rings is 2. The van der Waals surface area contributed by atoms with Crippen molar-refractivity contribution in [3.05, 3.63) is 60.7 Å². The van der Waals surface area contributed by atoms with Gasteiger partial charge >= 0.3 is 5.97 Å². The van der Waals surface area contributed by atoms with Gasteiger partial charge in [0.1, 0.15) is 0 Å². The minimum atomic E-state index is -3.06. The van der Waals surface area contributed by atoms with E-state index in [1.807, 2.05) is 60.7 Å². The molecule has 1 aliphatic heterocycles. The topological polar surface area (TPSA) is 81.8 Å². The van der Waals surface area contributed by atoms with E-state index in [9.17, 15) is 9.59 Å². The predicted octanol–water partition coefficient (Wildman–Crippen LogP) is 2.74. The van der Waals surface area contributed by atoms with Crippen LogP contribution >= 0.6 is 0 Å². The maximum absolute atomic E-state index is 12.3. The second kappa shape index (κ2) is 10.1. The van der Waals surface area contributed by atoms with Crippen LogP contribution in [0.1, 0.15) is 46.0 Å². The molecule has 0 radical (unpaired) electrons. The molecule has 3 N–H and O–H groups in total. The molecule has 6 heteroatoms. The minimum absolute atomic E-state index is 0.0621. The molecule has 1 fully saturated rings. The van der Waals surface area contributed by atoms with Gasteiger partial charge in [-0.2, -0.15) is 0 Å². The summed E-state index contributed by atoms with van der Waals surface area (Å²) < 4.78 is 11.0. The van der Waals surface area contributed by atoms with Crippen LogP contribution in [-0.2, 0) is 14.3 Å². The van der Waals surface area contributed by atoms with Gasteiger partial charge in [0.2, 0.25) is 0 Å². The maximum Gasteiger partial charge on any atom is 0.308 e. The maximum atomic E-state index is 12.3. The van der Waals surface area contributed by atoms with Crippen molar-refractivity contribution in [2.24, 2.45) is 5.73 Å². The average molecular weight is 442 g/mol. The summed E-state index contributed by atoms with van der Waals surface area (Å²) in [7, 11) is -1.66. The van der Waals surface area contributed by atoms with Crippen molar-refractivity contribution in [2.45, 2.75) is 69.2 Å². The lowest BCUT2D eigenvalue weighted by atomic mass is 9.92. The molecule has 168 valence electrons. The second-order valence-electron chi connectivity index (χ2n) is 9.18. The van der Waals surface area contributed by atoms with E-state index in [0.29, 0.717) is 0 Å². The number of hydrogen-bond donors (Lipinski definition) is 2. The van der Waals surface area contributed by atoms with Gasteiger partial charge in [-0.05, 0) is 41.1 Å². The molecule has 3 rings (SSSR count). The summed E-state index contributed by atoms with van der Waals surface area (Å²) in [4.78, 5) is 24.0. The number of methoxy groups -OCH3 is 1. The van der Waals surface area contributed by atoms with Crippen molar-refractivity contribution in [3.63, 3.8) is 0 Å². The van der Waals surface area contributed by atoms with Crippen LogP contribution in [0.25, 0.3) is 0 Å². The fourth-order valence-corrected chi connectivity index (χ4v) is 8.42. The van der Waals surface area contributed by atoms with Crippen LogP contribution in [0, 0.1) is 0 Å². The Morgan fingerprint density at radius 3 is 2.16 bits per heavy atom. The quantitative estimate of drug-likeness (QED) is 0.486. The van der Waals surface area contributed by atoms with Gasteiger partial charge < -0.3 is 20.0 Å². The Bertz CT molecular complexity index is 804. The highest BCUT2D eigenvalue weighted by Gasteiger charge is 2.50. The number of ether oxygens (including phenoxy) is 2. The molecule has 3 atom stereocenters. The molecule has 5 nitrogen and oxygen atoms in total. The lowest BCUT2D eigenvalue weighted by Gasteiger charge is -2.43. The number of carbonyl (C=O) groups excluding carboxylic acids is 1. The SMILES string of the molecule is COC(=O)CC1CCC(N)C(CCC(C)(C)[Si](O)(c2ccccc2)c2ccccc2)O1. The normalized spacial score (nSPS) is 22.2. The van der Waals surface area contributed by atoms with Gasteiger partial charge in [-0.15, -0.1) is 0 Å². The Morgan fingerprint density at radius 1 is 1.10 bits per heavy atom. The van der Waals surface area contributed by atoms with Crippen molar-refractivity contribution in [1.82, 2.24) is 0 Å². The van der Waals surface area contributed by atoms with Crippen LogP contribution in [0.15, 0.2) is 60.7 Å². The molecule has 0 aromatic heterocycles. The first kappa shape index (κ1) is 23.7. The van der Waals surface area contributed by atoms with E-state index in [2.05, 4.69) is 13.8 Å². The van der Waals surface area contributed by atoms with E-state index < -0.39 is 8.32 Å². The zero-order valence-electron chi connectivity index (χ0n) is 18.8. The van der Waals surface area contributed by atoms with Crippen LogP contribution in [0.2, 0.25) is 5.04 Å². The summed E-state index contributed by atoms with van der Waals surface area (Å²) in [5.41, 5.74) is 6.37. The standard InChI is InChI=1S/C25H35NO4Si/c1-25(2,17-16-23-22(26)15-14-19(30-23)18-24(27)29-3)31(28,20-10-6-4-7-11-20)21-12-8-5-9-13-21/h4-13,19,22-23,28H,14-18,26H2,1-3H3. The molecule has 31 heavy (non-hydrogen) atoms. The van der Waals surface area contributed by atoms with Gasteiger partial charge in [0.25, 0.3) is 8.32 Å². The van der Waals surface area contributed by atoms with E-state index in [1.165, 1.54) is 7.11 Å². The molecule has 2 aromatic rings. The molecule has 2 aromatic carbocycles. The van der Waals surface area contributed by atoms with Crippen molar-refractivity contribution >= 4 is 24.7 Å². The molecule has 0 spiro atoms. The van der Waals surface area contributed by atoms with Gasteiger partial charge in [0.05, 0.1) is 25.7 Å². The van der Waals surface area contributed by atoms with Crippen molar-refractivity contribution in [3.8, 4) is 0 Å². The second-order valence-corrected chi connectivity index (χ2v) is 13.1. The highest BCUT2D eigenvalue weighted by Crippen LogP contribution is 2.41. The first-order chi connectivity index (χ1) is 14.8. The van der Waals surface area contributed by atoms with E-state index in [-0.39, 0.29) is 35.7 Å². The fourth-order valence-electron chi connectivity index (χ4n) is 4.67. The molecule has 1 heterocycles. The van der Waals surface area contributed by atoms with Crippen LogP contribution < -0.4 is 16.1 Å². The molecular formula is C25H35NO4Si.